The van der Waals surface area contributed by atoms with E-state index in [9.17, 15) is 18.0 Å². The number of nitrogen functional groups attached to an aromatic ring is 1. The summed E-state index contributed by atoms with van der Waals surface area (Å²) in [6.07, 6.45) is -2.91. The van der Waals surface area contributed by atoms with Gasteiger partial charge in [0, 0.05) is 11.6 Å². The van der Waals surface area contributed by atoms with Crippen LogP contribution in [-0.4, -0.2) is 30.3 Å². The number of fused-ring (bicyclic) bond motifs is 1. The average molecular weight is 299 g/mol. The zero-order chi connectivity index (χ0) is 15.5. The number of hydrogen-bond acceptors (Lipinski definition) is 4. The molecule has 2 rings (SSSR count). The summed E-state index contributed by atoms with van der Waals surface area (Å²) in [6.45, 7) is -2.16. The molecule has 3 N–H and O–H groups in total. The van der Waals surface area contributed by atoms with Gasteiger partial charge in [-0.25, -0.2) is 0 Å². The van der Waals surface area contributed by atoms with Crippen molar-refractivity contribution in [2.75, 3.05) is 24.3 Å². The monoisotopic (exact) mass is 299 g/mol. The number of nitrogens with two attached hydrogens (primary N) is 1. The molecule has 8 heteroatoms. The molecule has 1 amide bonds. The van der Waals surface area contributed by atoms with Gasteiger partial charge in [0.15, 0.2) is 0 Å². The van der Waals surface area contributed by atoms with E-state index in [0.29, 0.717) is 22.3 Å². The maximum absolute atomic E-state index is 11.9. The Labute approximate surface area is 117 Å². The van der Waals surface area contributed by atoms with Crippen molar-refractivity contribution >= 4 is 28.2 Å². The summed E-state index contributed by atoms with van der Waals surface area (Å²) in [5, 5.41) is 3.07. The van der Waals surface area contributed by atoms with Gasteiger partial charge in [-0.15, -0.1) is 0 Å². The lowest BCUT2D eigenvalue weighted by Crippen LogP contribution is -2.24. The number of aromatic nitrogens is 1. The fraction of sp³-hybridized carbons (Fsp3) is 0.231. The molecule has 112 valence electrons. The molecule has 0 unspecified atom stereocenters. The predicted octanol–water partition coefficient (Wildman–Crippen LogP) is 2.33. The number of amides is 1. The molecule has 0 aliphatic heterocycles. The van der Waals surface area contributed by atoms with Crippen LogP contribution in [0.2, 0.25) is 0 Å². The van der Waals surface area contributed by atoms with E-state index in [2.05, 4.69) is 15.0 Å². The molecule has 2 aromatic rings. The van der Waals surface area contributed by atoms with Crippen molar-refractivity contribution in [1.82, 2.24) is 4.98 Å². The maximum Gasteiger partial charge on any atom is 0.411 e. The van der Waals surface area contributed by atoms with E-state index in [1.54, 1.807) is 30.5 Å². The second-order valence-electron chi connectivity index (χ2n) is 4.26. The van der Waals surface area contributed by atoms with Crippen LogP contribution in [0, 0.1) is 0 Å². The van der Waals surface area contributed by atoms with Crippen molar-refractivity contribution in [3.63, 3.8) is 0 Å². The summed E-state index contributed by atoms with van der Waals surface area (Å²) < 4.78 is 40.0. The number of carbonyl (C=O) groups excluding carboxylic acids is 1. The van der Waals surface area contributed by atoms with Crippen LogP contribution < -0.4 is 11.1 Å². The first-order valence-corrected chi connectivity index (χ1v) is 5.94. The minimum atomic E-state index is -4.46. The molecule has 0 aliphatic carbocycles. The Morgan fingerprint density at radius 2 is 2.10 bits per heavy atom. The third-order valence-corrected chi connectivity index (χ3v) is 2.57. The summed E-state index contributed by atoms with van der Waals surface area (Å²) in [5.74, 6) is -0.686. The first-order valence-electron chi connectivity index (χ1n) is 5.94. The zero-order valence-corrected chi connectivity index (χ0v) is 10.8. The largest absolute Gasteiger partial charge is 0.411 e. The van der Waals surface area contributed by atoms with Crippen LogP contribution >= 0.6 is 0 Å². The lowest BCUT2D eigenvalue weighted by molar-refractivity contribution is -0.174. The summed E-state index contributed by atoms with van der Waals surface area (Å²) in [4.78, 5) is 15.7. The number of hydrogen-bond donors (Lipinski definition) is 2. The molecule has 0 radical (unpaired) electrons. The van der Waals surface area contributed by atoms with E-state index >= 15 is 0 Å². The van der Waals surface area contributed by atoms with Crippen LogP contribution in [-0.2, 0) is 9.53 Å². The summed E-state index contributed by atoms with van der Waals surface area (Å²) in [5.41, 5.74) is 7.12. The molecule has 0 aliphatic rings. The highest BCUT2D eigenvalue weighted by molar-refractivity contribution is 6.04. The molecule has 0 saturated heterocycles. The molecule has 0 fully saturated rings. The molecule has 0 saturated carbocycles. The van der Waals surface area contributed by atoms with E-state index < -0.39 is 25.3 Å². The Hall–Kier alpha value is -2.35. The van der Waals surface area contributed by atoms with Crippen molar-refractivity contribution in [3.05, 3.63) is 30.5 Å². The summed E-state index contributed by atoms with van der Waals surface area (Å²) in [7, 11) is 0. The van der Waals surface area contributed by atoms with Gasteiger partial charge in [-0.3, -0.25) is 9.78 Å². The molecule has 0 bridgehead atoms. The number of nitrogens with zero attached hydrogens (tertiary/aromatic N) is 1. The van der Waals surface area contributed by atoms with Gasteiger partial charge in [0.25, 0.3) is 0 Å². The van der Waals surface area contributed by atoms with Gasteiger partial charge in [0.2, 0.25) is 5.91 Å². The highest BCUT2D eigenvalue weighted by atomic mass is 19.4. The number of halogens is 3. The van der Waals surface area contributed by atoms with E-state index in [-0.39, 0.29) is 0 Å². The van der Waals surface area contributed by atoms with E-state index in [0.717, 1.165) is 0 Å². The number of anilines is 2. The summed E-state index contributed by atoms with van der Waals surface area (Å²) in [6, 6.07) is 6.48. The van der Waals surface area contributed by atoms with Gasteiger partial charge >= 0.3 is 6.18 Å². The van der Waals surface area contributed by atoms with E-state index in [4.69, 9.17) is 5.73 Å². The van der Waals surface area contributed by atoms with Crippen LogP contribution in [0.4, 0.5) is 24.5 Å². The molecule has 0 spiro atoms. The van der Waals surface area contributed by atoms with Crippen molar-refractivity contribution < 1.29 is 22.7 Å². The van der Waals surface area contributed by atoms with Crippen molar-refractivity contribution in [2.24, 2.45) is 0 Å². The smallest absolute Gasteiger partial charge is 0.397 e. The van der Waals surface area contributed by atoms with Gasteiger partial charge in [0.1, 0.15) is 13.2 Å². The van der Waals surface area contributed by atoms with Crippen LogP contribution in [0.15, 0.2) is 30.5 Å². The molecule has 1 heterocycles. The normalized spacial score (nSPS) is 11.6. The highest BCUT2D eigenvalue weighted by Crippen LogP contribution is 2.26. The predicted molar refractivity (Wildman–Crippen MR) is 71.7 cm³/mol. The number of alkyl halides is 3. The number of nitrogens with one attached hydrogen (secondary N) is 1. The second-order valence-corrected chi connectivity index (χ2v) is 4.26. The Balaban J connectivity index is 2.06. The molecule has 21 heavy (non-hydrogen) atoms. The molecular weight excluding hydrogens is 287 g/mol. The summed E-state index contributed by atoms with van der Waals surface area (Å²) >= 11 is 0. The number of rotatable bonds is 4. The molecular formula is C13H12F3N3O2. The fourth-order valence-electron chi connectivity index (χ4n) is 1.75. The molecule has 1 aromatic heterocycles. The molecule has 5 nitrogen and oxygen atoms in total. The Morgan fingerprint density at radius 3 is 2.81 bits per heavy atom. The van der Waals surface area contributed by atoms with Crippen LogP contribution in [0.25, 0.3) is 10.9 Å². The molecule has 1 aromatic carbocycles. The van der Waals surface area contributed by atoms with Gasteiger partial charge in [0.05, 0.1) is 16.9 Å². The van der Waals surface area contributed by atoms with Gasteiger partial charge in [-0.2, -0.15) is 13.2 Å². The lowest BCUT2D eigenvalue weighted by Gasteiger charge is -2.11. The first kappa shape index (κ1) is 15.0. The zero-order valence-electron chi connectivity index (χ0n) is 10.8. The minimum Gasteiger partial charge on any atom is -0.397 e. The van der Waals surface area contributed by atoms with Crippen molar-refractivity contribution in [3.8, 4) is 0 Å². The van der Waals surface area contributed by atoms with Gasteiger partial charge in [-0.05, 0) is 24.3 Å². The van der Waals surface area contributed by atoms with Crippen LogP contribution in [0.1, 0.15) is 0 Å². The quantitative estimate of drug-likeness (QED) is 0.849. The lowest BCUT2D eigenvalue weighted by atomic mass is 10.1. The highest BCUT2D eigenvalue weighted by Gasteiger charge is 2.27. The van der Waals surface area contributed by atoms with E-state index in [1.165, 1.54) is 0 Å². The first-order chi connectivity index (χ1) is 9.87. The van der Waals surface area contributed by atoms with E-state index in [1.807, 2.05) is 0 Å². The fourth-order valence-corrected chi connectivity index (χ4v) is 1.75. The van der Waals surface area contributed by atoms with Crippen LogP contribution in [0.5, 0.6) is 0 Å². The average Bonchev–Trinajstić information content (AvgIpc) is 2.41. The van der Waals surface area contributed by atoms with Crippen molar-refractivity contribution in [1.29, 1.82) is 0 Å². The number of benzene rings is 1. The Kier molecular flexibility index (Phi) is 4.27. The molecule has 0 atom stereocenters. The number of pyridine rings is 1. The third kappa shape index (κ3) is 4.06. The maximum atomic E-state index is 11.9. The topological polar surface area (TPSA) is 77.2 Å². The van der Waals surface area contributed by atoms with Gasteiger partial charge in [-0.1, -0.05) is 0 Å². The number of ether oxygens (including phenoxy) is 1. The van der Waals surface area contributed by atoms with Gasteiger partial charge < -0.3 is 15.8 Å². The minimum absolute atomic E-state index is 0.410. The Morgan fingerprint density at radius 1 is 1.33 bits per heavy atom. The number of carbonyl (C=O) groups is 1. The second kappa shape index (κ2) is 5.96. The Bertz CT molecular complexity index is 659. The third-order valence-electron chi connectivity index (χ3n) is 2.57. The SMILES string of the molecule is Nc1ccc(NC(=O)COCC(F)(F)F)c2cccnc12. The standard InChI is InChI=1S/C13H12F3N3O2/c14-13(15,16)7-21-6-11(20)19-10-4-3-9(17)12-8(10)2-1-5-18-12/h1-5H,6-7,17H2,(H,19,20). The van der Waals surface area contributed by atoms with Crippen LogP contribution in [0.3, 0.4) is 0 Å². The van der Waals surface area contributed by atoms with Crippen molar-refractivity contribution in [2.45, 2.75) is 6.18 Å².